The highest BCUT2D eigenvalue weighted by Crippen LogP contribution is 2.47. The Morgan fingerprint density at radius 2 is 1.05 bits per heavy atom. The Bertz CT molecular complexity index is 2030. The summed E-state index contributed by atoms with van der Waals surface area (Å²) in [5.74, 6) is 1.62. The van der Waals surface area contributed by atoms with Gasteiger partial charge in [0.15, 0.2) is 0 Å². The summed E-state index contributed by atoms with van der Waals surface area (Å²) in [6.07, 6.45) is 1.75. The van der Waals surface area contributed by atoms with Crippen molar-refractivity contribution in [3.8, 4) is 11.5 Å². The van der Waals surface area contributed by atoms with E-state index in [9.17, 15) is 31.1 Å². The Balaban J connectivity index is 0.000000184. The maximum atomic E-state index is 13.5. The number of nitrogens with zero attached hydrogens (tertiary/aromatic N) is 2. The lowest BCUT2D eigenvalue weighted by Crippen LogP contribution is -2.54. The average Bonchev–Trinajstić information content (AvgIpc) is 3.21. The largest absolute Gasteiger partial charge is 0.493 e. The number of rotatable bonds is 11. The first kappa shape index (κ1) is 45.1. The van der Waals surface area contributed by atoms with Crippen molar-refractivity contribution in [3.05, 3.63) is 129 Å². The first-order valence-corrected chi connectivity index (χ1v) is 22.0. The Morgan fingerprint density at radius 1 is 0.590 bits per heavy atom. The maximum Gasteiger partial charge on any atom is 0.416 e. The second-order valence-electron chi connectivity index (χ2n) is 17.3. The molecule has 5 nitrogen and oxygen atoms in total. The molecule has 4 aromatic carbocycles. The van der Waals surface area contributed by atoms with Crippen LogP contribution in [0.2, 0.25) is 10.0 Å². The molecule has 2 saturated heterocycles. The zero-order valence-electron chi connectivity index (χ0n) is 34.1. The minimum absolute atomic E-state index is 0.155. The number of hydrogen-bond donors (Lipinski definition) is 0. The van der Waals surface area contributed by atoms with Crippen LogP contribution < -0.4 is 9.47 Å². The summed E-state index contributed by atoms with van der Waals surface area (Å²) in [4.78, 5) is 18.0. The van der Waals surface area contributed by atoms with Crippen LogP contribution in [0.25, 0.3) is 0 Å². The van der Waals surface area contributed by atoms with Gasteiger partial charge in [0.05, 0.1) is 29.8 Å². The molecule has 13 heteroatoms. The van der Waals surface area contributed by atoms with Gasteiger partial charge < -0.3 is 19.3 Å². The predicted octanol–water partition coefficient (Wildman–Crippen LogP) is 12.7. The third-order valence-electron chi connectivity index (χ3n) is 13.1. The van der Waals surface area contributed by atoms with Gasteiger partial charge in [0, 0.05) is 53.5 Å². The molecule has 0 radical (unpaired) electrons. The van der Waals surface area contributed by atoms with Gasteiger partial charge in [-0.15, -0.1) is 0 Å². The summed E-state index contributed by atoms with van der Waals surface area (Å²) in [5.41, 5.74) is 0.827. The molecule has 0 spiro atoms. The number of benzene rings is 4. The van der Waals surface area contributed by atoms with Gasteiger partial charge in [0.1, 0.15) is 11.5 Å². The van der Waals surface area contributed by atoms with Crippen LogP contribution in [0.5, 0.6) is 11.5 Å². The first-order chi connectivity index (χ1) is 29.1. The molecule has 1 amide bonds. The molecule has 2 unspecified atom stereocenters. The van der Waals surface area contributed by atoms with E-state index >= 15 is 0 Å². The molecule has 4 aliphatic rings. The molecule has 4 fully saturated rings. The van der Waals surface area contributed by atoms with Crippen LogP contribution in [-0.4, -0.2) is 61.6 Å². The highest BCUT2D eigenvalue weighted by Gasteiger charge is 2.48. The van der Waals surface area contributed by atoms with E-state index in [1.54, 1.807) is 0 Å². The van der Waals surface area contributed by atoms with Gasteiger partial charge in [-0.1, -0.05) is 60.3 Å². The van der Waals surface area contributed by atoms with Crippen molar-refractivity contribution in [2.45, 2.75) is 87.4 Å². The highest BCUT2D eigenvalue weighted by atomic mass is 35.5. The molecule has 0 N–H and O–H groups in total. The van der Waals surface area contributed by atoms with E-state index in [4.69, 9.17) is 32.7 Å². The van der Waals surface area contributed by atoms with Gasteiger partial charge in [0.2, 0.25) is 5.91 Å². The smallest absolute Gasteiger partial charge is 0.416 e. The van der Waals surface area contributed by atoms with Crippen LogP contribution >= 0.6 is 23.2 Å². The SMILES string of the molecule is FC(F)(F)c1ccc(OCC2CCCN(CC3(c4ccc(Cl)cc4)CCC3)C2)cc1.O=C(N1CCCC(COc2ccc(C(F)(F)F)cc2)C1)C1(c2ccc(Cl)cc2)CCC1. The minimum atomic E-state index is -4.36. The van der Waals surface area contributed by atoms with Crippen LogP contribution in [0.4, 0.5) is 26.3 Å². The molecule has 328 valence electrons. The Labute approximate surface area is 364 Å². The molecule has 2 aliphatic carbocycles. The van der Waals surface area contributed by atoms with Crippen LogP contribution in [0.15, 0.2) is 97.1 Å². The number of piperidine rings is 2. The average molecular weight is 890 g/mol. The van der Waals surface area contributed by atoms with E-state index in [1.807, 2.05) is 41.3 Å². The van der Waals surface area contributed by atoms with Crippen molar-refractivity contribution >= 4 is 29.1 Å². The van der Waals surface area contributed by atoms with Gasteiger partial charge in [-0.05, 0) is 142 Å². The number of halogens is 8. The van der Waals surface area contributed by atoms with Crippen LogP contribution in [0, 0.1) is 11.8 Å². The Hall–Kier alpha value is -3.93. The zero-order chi connectivity index (χ0) is 43.3. The number of hydrogen-bond acceptors (Lipinski definition) is 4. The number of ether oxygens (including phenoxy) is 2. The molecular formula is C48H52Cl2F6N2O3. The number of alkyl halides is 6. The summed E-state index contributed by atoms with van der Waals surface area (Å²) in [6.45, 7) is 5.35. The van der Waals surface area contributed by atoms with E-state index in [0.29, 0.717) is 42.2 Å². The monoisotopic (exact) mass is 888 g/mol. The summed E-state index contributed by atoms with van der Waals surface area (Å²) in [6, 6.07) is 25.6. The summed E-state index contributed by atoms with van der Waals surface area (Å²) < 4.78 is 87.8. The van der Waals surface area contributed by atoms with E-state index in [-0.39, 0.29) is 17.2 Å². The van der Waals surface area contributed by atoms with Crippen molar-refractivity contribution in [3.63, 3.8) is 0 Å². The molecule has 4 aromatic rings. The highest BCUT2D eigenvalue weighted by molar-refractivity contribution is 6.30. The van der Waals surface area contributed by atoms with Gasteiger partial charge in [-0.25, -0.2) is 0 Å². The maximum absolute atomic E-state index is 13.5. The third-order valence-corrected chi connectivity index (χ3v) is 13.6. The van der Waals surface area contributed by atoms with E-state index in [2.05, 4.69) is 17.0 Å². The second-order valence-corrected chi connectivity index (χ2v) is 18.1. The lowest BCUT2D eigenvalue weighted by atomic mass is 9.63. The molecule has 0 bridgehead atoms. The lowest BCUT2D eigenvalue weighted by Gasteiger charge is -2.47. The van der Waals surface area contributed by atoms with Gasteiger partial charge in [-0.3, -0.25) is 4.79 Å². The van der Waals surface area contributed by atoms with Crippen LogP contribution in [0.1, 0.15) is 86.5 Å². The number of amides is 1. The van der Waals surface area contributed by atoms with E-state index in [0.717, 1.165) is 106 Å². The molecule has 2 atom stereocenters. The van der Waals surface area contributed by atoms with Gasteiger partial charge in [0.25, 0.3) is 0 Å². The van der Waals surface area contributed by atoms with Crippen LogP contribution in [-0.2, 0) is 28.0 Å². The van der Waals surface area contributed by atoms with Crippen molar-refractivity contribution in [1.82, 2.24) is 9.80 Å². The second kappa shape index (κ2) is 19.2. The molecule has 2 saturated carbocycles. The quantitative estimate of drug-likeness (QED) is 0.141. The topological polar surface area (TPSA) is 42.0 Å². The predicted molar refractivity (Wildman–Crippen MR) is 226 cm³/mol. The van der Waals surface area contributed by atoms with Gasteiger partial charge in [-0.2, -0.15) is 26.3 Å². The Morgan fingerprint density at radius 3 is 1.49 bits per heavy atom. The molecule has 8 rings (SSSR count). The van der Waals surface area contributed by atoms with Gasteiger partial charge >= 0.3 is 12.4 Å². The summed E-state index contributed by atoms with van der Waals surface area (Å²) in [7, 11) is 0. The first-order valence-electron chi connectivity index (χ1n) is 21.3. The number of carbonyl (C=O) groups is 1. The molecule has 0 aromatic heterocycles. The van der Waals surface area contributed by atoms with Crippen LogP contribution in [0.3, 0.4) is 0 Å². The number of carbonyl (C=O) groups excluding carboxylic acids is 1. The fourth-order valence-electron chi connectivity index (χ4n) is 9.33. The third kappa shape index (κ3) is 11.2. The fraction of sp³-hybridized carbons (Fsp3) is 0.479. The van der Waals surface area contributed by atoms with E-state index < -0.39 is 28.9 Å². The van der Waals surface area contributed by atoms with Crippen molar-refractivity contribution in [2.24, 2.45) is 11.8 Å². The van der Waals surface area contributed by atoms with Crippen molar-refractivity contribution < 1.29 is 40.6 Å². The molecular weight excluding hydrogens is 837 g/mol. The zero-order valence-corrected chi connectivity index (χ0v) is 35.6. The standard InChI is InChI=1S/C24H25ClF3NO2.C24H27ClF3NO/c25-20-8-4-18(5-9-20)23(12-2-13-23)22(30)29-14-1-3-17(15-29)16-31-21-10-6-19(7-11-21)24(26,27)28;25-21-8-4-19(5-9-21)23(12-2-13-23)17-29-14-1-3-18(15-29)16-30-22-10-6-20(7-11-22)24(26,27)28/h4-11,17H,1-3,12-16H2;4-11,18H,1-3,12-17H2. The number of likely N-dealkylation sites (tertiary alicyclic amines) is 2. The lowest BCUT2D eigenvalue weighted by molar-refractivity contribution is -0.143. The van der Waals surface area contributed by atoms with E-state index in [1.165, 1.54) is 49.1 Å². The van der Waals surface area contributed by atoms with Crippen molar-refractivity contribution in [2.75, 3.05) is 45.9 Å². The summed E-state index contributed by atoms with van der Waals surface area (Å²) in [5, 5.41) is 1.43. The molecule has 2 heterocycles. The fourth-order valence-corrected chi connectivity index (χ4v) is 9.58. The molecule has 61 heavy (non-hydrogen) atoms. The molecule has 2 aliphatic heterocycles. The van der Waals surface area contributed by atoms with Crippen molar-refractivity contribution in [1.29, 1.82) is 0 Å². The summed E-state index contributed by atoms with van der Waals surface area (Å²) >= 11 is 12.1. The minimum Gasteiger partial charge on any atom is -0.493 e. The Kier molecular flexibility index (Phi) is 14.2. The normalized spacial score (nSPS) is 21.3.